The molecule has 0 saturated carbocycles. The van der Waals surface area contributed by atoms with Crippen molar-refractivity contribution in [3.05, 3.63) is 74.3 Å². The Hall–Kier alpha value is -4.53. The molecule has 15 heteroatoms. The fraction of sp³-hybridized carbons (Fsp3) is 0.455. The van der Waals surface area contributed by atoms with Gasteiger partial charge in [0.05, 0.1) is 25.5 Å². The Morgan fingerprint density at radius 3 is 2.46 bits per heavy atom. The second-order valence-electron chi connectivity index (χ2n) is 11.6. The molecule has 0 radical (unpaired) electrons. The molecule has 3 heterocycles. The van der Waals surface area contributed by atoms with Crippen LogP contribution >= 0.6 is 0 Å². The molecule has 1 saturated heterocycles. The van der Waals surface area contributed by atoms with Gasteiger partial charge in [0.25, 0.3) is 11.5 Å². The number of aryl methyl sites for hydroxylation is 1. The van der Waals surface area contributed by atoms with Gasteiger partial charge in [-0.2, -0.15) is 13.2 Å². The van der Waals surface area contributed by atoms with Gasteiger partial charge in [-0.15, -0.1) is 0 Å². The third-order valence-corrected chi connectivity index (χ3v) is 8.71. The van der Waals surface area contributed by atoms with Gasteiger partial charge in [-0.05, 0) is 55.0 Å². The van der Waals surface area contributed by atoms with Crippen LogP contribution in [0.1, 0.15) is 53.1 Å². The molecule has 2 aliphatic heterocycles. The van der Waals surface area contributed by atoms with Gasteiger partial charge in [-0.25, -0.2) is 18.6 Å². The van der Waals surface area contributed by atoms with Crippen molar-refractivity contribution in [3.63, 3.8) is 0 Å². The summed E-state index contributed by atoms with van der Waals surface area (Å²) in [4.78, 5) is 44.1. The van der Waals surface area contributed by atoms with E-state index in [2.05, 4.69) is 10.3 Å². The van der Waals surface area contributed by atoms with Crippen LogP contribution in [0, 0.1) is 11.6 Å². The molecule has 0 spiro atoms. The van der Waals surface area contributed by atoms with E-state index >= 15 is 8.78 Å². The van der Waals surface area contributed by atoms with Crippen molar-refractivity contribution in [3.8, 4) is 17.0 Å². The van der Waals surface area contributed by atoms with E-state index in [1.807, 2.05) is 13.8 Å². The van der Waals surface area contributed by atoms with Gasteiger partial charge in [0, 0.05) is 37.0 Å². The van der Waals surface area contributed by atoms with Gasteiger partial charge in [0.15, 0.2) is 0 Å². The van der Waals surface area contributed by atoms with E-state index in [0.717, 1.165) is 16.3 Å². The second kappa shape index (κ2) is 13.9. The lowest BCUT2D eigenvalue weighted by atomic mass is 9.91. The number of ether oxygens (including phenoxy) is 2. The van der Waals surface area contributed by atoms with Gasteiger partial charge in [-0.3, -0.25) is 9.59 Å². The number of nitrogens with one attached hydrogen (secondary N) is 1. The average molecular weight is 679 g/mol. The van der Waals surface area contributed by atoms with Gasteiger partial charge in [0.2, 0.25) is 0 Å². The number of hydrogen-bond acceptors (Lipinski definition) is 7. The molecule has 3 aromatic rings. The maximum absolute atomic E-state index is 15.2. The smallest absolute Gasteiger partial charge is 0.411 e. The predicted molar refractivity (Wildman–Crippen MR) is 164 cm³/mol. The van der Waals surface area contributed by atoms with E-state index in [9.17, 15) is 32.7 Å². The third kappa shape index (κ3) is 6.73. The summed E-state index contributed by atoms with van der Waals surface area (Å²) in [6.07, 6.45) is -2.77. The van der Waals surface area contributed by atoms with E-state index in [1.54, 1.807) is 23.7 Å². The number of nitrogens with zero attached hydrogens (tertiary/aromatic N) is 3. The lowest BCUT2D eigenvalue weighted by molar-refractivity contribution is -0.167. The zero-order valence-electron chi connectivity index (χ0n) is 26.5. The number of carbonyl (C=O) groups is 2. The number of morpholine rings is 1. The van der Waals surface area contributed by atoms with Crippen molar-refractivity contribution in [2.24, 2.45) is 7.05 Å². The predicted octanol–water partition coefficient (Wildman–Crippen LogP) is 4.37. The van der Waals surface area contributed by atoms with Crippen LogP contribution in [0.5, 0.6) is 5.75 Å². The van der Waals surface area contributed by atoms with E-state index < -0.39 is 59.6 Å². The minimum Gasteiger partial charge on any atom is -0.493 e. The first-order chi connectivity index (χ1) is 22.8. The molecule has 0 aliphatic carbocycles. The summed E-state index contributed by atoms with van der Waals surface area (Å²) < 4.78 is 83.4. The van der Waals surface area contributed by atoms with Crippen LogP contribution in [-0.2, 0) is 42.3 Å². The summed E-state index contributed by atoms with van der Waals surface area (Å²) >= 11 is 0. The van der Waals surface area contributed by atoms with Crippen molar-refractivity contribution in [2.45, 2.75) is 64.2 Å². The fourth-order valence-electron chi connectivity index (χ4n) is 6.31. The first kappa shape index (κ1) is 34.8. The number of halogens is 5. The molecule has 2 atom stereocenters. The lowest BCUT2D eigenvalue weighted by Gasteiger charge is -2.38. The molecule has 2 N–H and O–H groups in total. The Labute approximate surface area is 272 Å². The van der Waals surface area contributed by atoms with Crippen LogP contribution < -0.4 is 20.5 Å². The number of anilines is 1. The van der Waals surface area contributed by atoms with Crippen molar-refractivity contribution < 1.29 is 46.1 Å². The van der Waals surface area contributed by atoms with Gasteiger partial charge in [-0.1, -0.05) is 19.9 Å². The molecular weight excluding hydrogens is 643 g/mol. The van der Waals surface area contributed by atoms with E-state index in [1.165, 1.54) is 0 Å². The molecular formula is C33H35F5N4O6. The molecule has 258 valence electrons. The van der Waals surface area contributed by atoms with Crippen LogP contribution in [-0.4, -0.2) is 71.2 Å². The van der Waals surface area contributed by atoms with E-state index in [0.29, 0.717) is 66.9 Å². The van der Waals surface area contributed by atoms with Crippen molar-refractivity contribution in [1.29, 1.82) is 0 Å². The minimum absolute atomic E-state index is 0.105. The summed E-state index contributed by atoms with van der Waals surface area (Å²) in [6, 6.07) is 0.640. The highest BCUT2D eigenvalue weighted by atomic mass is 19.4. The maximum Gasteiger partial charge on any atom is 0.411 e. The van der Waals surface area contributed by atoms with Gasteiger partial charge in [0.1, 0.15) is 40.7 Å². The quantitative estimate of drug-likeness (QED) is 0.320. The summed E-state index contributed by atoms with van der Waals surface area (Å²) in [5.41, 5.74) is 1.41. The highest BCUT2D eigenvalue weighted by Crippen LogP contribution is 2.38. The van der Waals surface area contributed by atoms with Gasteiger partial charge >= 0.3 is 12.1 Å². The molecule has 10 nitrogen and oxygen atoms in total. The van der Waals surface area contributed by atoms with Crippen LogP contribution in [0.15, 0.2) is 29.1 Å². The average Bonchev–Trinajstić information content (AvgIpc) is 3.05. The Morgan fingerprint density at radius 2 is 1.83 bits per heavy atom. The van der Waals surface area contributed by atoms with E-state index in [-0.39, 0.29) is 30.8 Å². The SMILES string of the molecule is CCc1nc(-c2ccc(C[C@H](NC(=O)c3c(F)cc(N4CCOC[C@@H]4C(F)(F)F)cc3F)C(=O)O)c3c2OCCC3)c(=O)n(C)c1CC. The zero-order chi connectivity index (χ0) is 34.9. The van der Waals surface area contributed by atoms with Crippen LogP contribution in [0.25, 0.3) is 11.3 Å². The van der Waals surface area contributed by atoms with Crippen molar-refractivity contribution >= 4 is 17.6 Å². The van der Waals surface area contributed by atoms with Crippen molar-refractivity contribution in [2.75, 3.05) is 31.3 Å². The fourth-order valence-corrected chi connectivity index (χ4v) is 6.31. The molecule has 0 bridgehead atoms. The molecule has 2 aromatic carbocycles. The number of benzene rings is 2. The number of carboxylic acid groups (broad SMARTS) is 1. The number of fused-ring (bicyclic) bond motifs is 1. The van der Waals surface area contributed by atoms with Crippen LogP contribution in [0.3, 0.4) is 0 Å². The maximum atomic E-state index is 15.2. The number of carboxylic acids is 1. The highest BCUT2D eigenvalue weighted by Gasteiger charge is 2.46. The van der Waals surface area contributed by atoms with E-state index in [4.69, 9.17) is 9.47 Å². The number of amides is 1. The molecule has 1 aromatic heterocycles. The summed E-state index contributed by atoms with van der Waals surface area (Å²) in [5.74, 6) is -5.42. The Kier molecular flexibility index (Phi) is 10.1. The number of hydrogen-bond donors (Lipinski definition) is 2. The first-order valence-corrected chi connectivity index (χ1v) is 15.6. The number of aliphatic carboxylic acids is 1. The Bertz CT molecular complexity index is 1770. The standard InChI is InChI=1S/C33H35F5N4O6/c1-4-23-25(5-2)41(3)31(44)28(39-23)20-9-8-17(19-7-6-11-48-29(19)20)13-24(32(45)46)40-30(43)27-21(34)14-18(15-22(27)35)42-10-12-47-16-26(42)33(36,37)38/h8-9,14-15,24,26H,4-7,10-13,16H2,1-3H3,(H,40,43)(H,45,46)/t24-,26+/m0/s1. The summed E-state index contributed by atoms with van der Waals surface area (Å²) in [7, 11) is 1.68. The summed E-state index contributed by atoms with van der Waals surface area (Å²) in [6.45, 7) is 3.08. The number of alkyl halides is 3. The topological polar surface area (TPSA) is 123 Å². The first-order valence-electron chi connectivity index (χ1n) is 15.6. The van der Waals surface area contributed by atoms with Gasteiger partial charge < -0.3 is 29.4 Å². The number of carbonyl (C=O) groups excluding carboxylic acids is 1. The highest BCUT2D eigenvalue weighted by molar-refractivity contribution is 5.97. The summed E-state index contributed by atoms with van der Waals surface area (Å²) in [5, 5.41) is 12.1. The molecule has 5 rings (SSSR count). The molecule has 1 fully saturated rings. The molecule has 0 unspecified atom stereocenters. The minimum atomic E-state index is -4.75. The normalized spacial score (nSPS) is 17.0. The molecule has 2 aliphatic rings. The number of aromatic nitrogens is 2. The monoisotopic (exact) mass is 678 g/mol. The molecule has 1 amide bonds. The van der Waals surface area contributed by atoms with Crippen molar-refractivity contribution in [1.82, 2.24) is 14.9 Å². The second-order valence-corrected chi connectivity index (χ2v) is 11.6. The lowest BCUT2D eigenvalue weighted by Crippen LogP contribution is -2.53. The zero-order valence-corrected chi connectivity index (χ0v) is 26.5. The third-order valence-electron chi connectivity index (χ3n) is 8.71. The largest absolute Gasteiger partial charge is 0.493 e. The Morgan fingerprint density at radius 1 is 1.12 bits per heavy atom. The number of rotatable bonds is 9. The van der Waals surface area contributed by atoms with Crippen LogP contribution in [0.4, 0.5) is 27.6 Å². The molecule has 48 heavy (non-hydrogen) atoms. The Balaban J connectivity index is 1.44. The van der Waals surface area contributed by atoms with Crippen LogP contribution in [0.2, 0.25) is 0 Å².